The molecular weight excluding hydrogens is 486 g/mol. The Morgan fingerprint density at radius 2 is 1.31 bits per heavy atom. The number of hydrogen-bond donors (Lipinski definition) is 0. The van der Waals surface area contributed by atoms with Crippen molar-refractivity contribution in [3.8, 4) is 0 Å². The zero-order valence-electron chi connectivity index (χ0n) is 24.2. The zero-order valence-corrected chi connectivity index (χ0v) is 24.2. The molecule has 0 radical (unpaired) electrons. The van der Waals surface area contributed by atoms with Crippen molar-refractivity contribution in [2.24, 2.45) is 11.8 Å². The third-order valence-corrected chi connectivity index (χ3v) is 9.53. The van der Waals surface area contributed by atoms with Gasteiger partial charge in [0.2, 0.25) is 0 Å². The molecule has 0 amide bonds. The maximum Gasteiger partial charge on any atom is 0.383 e. The van der Waals surface area contributed by atoms with Gasteiger partial charge in [0.1, 0.15) is 0 Å². The average Bonchev–Trinajstić information content (AvgIpc) is 2.97. The van der Waals surface area contributed by atoms with Gasteiger partial charge in [-0.15, -0.1) is 6.58 Å². The summed E-state index contributed by atoms with van der Waals surface area (Å²) in [4.78, 5) is 0. The molecule has 2 fully saturated rings. The highest BCUT2D eigenvalue weighted by atomic mass is 19.3. The zero-order chi connectivity index (χ0) is 27.5. The Hall–Kier alpha value is -2.00. The van der Waals surface area contributed by atoms with Gasteiger partial charge in [-0.05, 0) is 111 Å². The Morgan fingerprint density at radius 1 is 0.769 bits per heavy atom. The van der Waals surface area contributed by atoms with Gasteiger partial charge >= 0.3 is 6.11 Å². The number of benzene rings is 2. The molecular formula is C36H50F2O. The molecule has 2 aromatic rings. The van der Waals surface area contributed by atoms with Crippen molar-refractivity contribution in [2.45, 2.75) is 121 Å². The molecule has 0 saturated heterocycles. The number of ether oxygens (including phenoxy) is 1. The van der Waals surface area contributed by atoms with Crippen molar-refractivity contribution in [1.29, 1.82) is 0 Å². The first-order valence-corrected chi connectivity index (χ1v) is 15.8. The highest BCUT2D eigenvalue weighted by Crippen LogP contribution is 2.39. The van der Waals surface area contributed by atoms with Crippen molar-refractivity contribution in [3.63, 3.8) is 0 Å². The molecule has 0 unspecified atom stereocenters. The lowest BCUT2D eigenvalue weighted by Gasteiger charge is -2.29. The fraction of sp³-hybridized carbons (Fsp3) is 0.611. The molecule has 214 valence electrons. The predicted molar refractivity (Wildman–Crippen MR) is 159 cm³/mol. The Kier molecular flexibility index (Phi) is 11.6. The van der Waals surface area contributed by atoms with E-state index in [9.17, 15) is 8.78 Å². The third kappa shape index (κ3) is 9.00. The van der Waals surface area contributed by atoms with E-state index in [2.05, 4.69) is 37.8 Å². The number of halogens is 2. The first kappa shape index (κ1) is 30.0. The molecule has 2 aromatic carbocycles. The number of alkyl halides is 2. The summed E-state index contributed by atoms with van der Waals surface area (Å²) < 4.78 is 34.7. The highest BCUT2D eigenvalue weighted by Gasteiger charge is 2.33. The van der Waals surface area contributed by atoms with E-state index in [1.54, 1.807) is 12.1 Å². The molecule has 0 N–H and O–H groups in total. The minimum absolute atomic E-state index is 0.00564. The van der Waals surface area contributed by atoms with Crippen LogP contribution >= 0.6 is 0 Å². The molecule has 2 aliphatic rings. The molecule has 2 saturated carbocycles. The van der Waals surface area contributed by atoms with Crippen LogP contribution in [0.5, 0.6) is 0 Å². The molecule has 1 nitrogen and oxygen atoms in total. The van der Waals surface area contributed by atoms with Crippen molar-refractivity contribution in [3.05, 3.63) is 83.4 Å². The van der Waals surface area contributed by atoms with Gasteiger partial charge in [-0.25, -0.2) is 0 Å². The number of unbranched alkanes of at least 4 members (excludes halogenated alkanes) is 2. The van der Waals surface area contributed by atoms with Gasteiger partial charge in [-0.1, -0.05) is 87.2 Å². The summed E-state index contributed by atoms with van der Waals surface area (Å²) in [5.41, 5.74) is 3.59. The van der Waals surface area contributed by atoms with Crippen LogP contribution in [0.2, 0.25) is 0 Å². The largest absolute Gasteiger partial charge is 0.383 e. The Morgan fingerprint density at radius 3 is 1.85 bits per heavy atom. The average molecular weight is 537 g/mol. The molecule has 0 aliphatic heterocycles. The fourth-order valence-corrected chi connectivity index (χ4v) is 6.89. The van der Waals surface area contributed by atoms with E-state index in [0.29, 0.717) is 18.3 Å². The van der Waals surface area contributed by atoms with E-state index in [1.807, 2.05) is 18.2 Å². The Balaban J connectivity index is 1.19. The number of rotatable bonds is 14. The molecule has 39 heavy (non-hydrogen) atoms. The summed E-state index contributed by atoms with van der Waals surface area (Å²) in [6, 6.07) is 15.5. The topological polar surface area (TPSA) is 9.23 Å². The SMILES string of the molecule is C=CCCC1CCC(c2ccc(C(F)(F)OCCc3ccc(C4CCC(CCCCC)CC4)cc3)cc2)CC1. The van der Waals surface area contributed by atoms with Crippen LogP contribution in [0.25, 0.3) is 0 Å². The number of allylic oxidation sites excluding steroid dienone is 1. The molecule has 4 rings (SSSR count). The lowest BCUT2D eigenvalue weighted by molar-refractivity contribution is -0.248. The lowest BCUT2D eigenvalue weighted by atomic mass is 9.77. The summed E-state index contributed by atoms with van der Waals surface area (Å²) in [5, 5.41) is 0. The molecule has 2 aliphatic carbocycles. The van der Waals surface area contributed by atoms with Crippen LogP contribution in [-0.2, 0) is 17.3 Å². The van der Waals surface area contributed by atoms with E-state index in [0.717, 1.165) is 36.7 Å². The van der Waals surface area contributed by atoms with Gasteiger partial charge in [-0.3, -0.25) is 0 Å². The summed E-state index contributed by atoms with van der Waals surface area (Å²) >= 11 is 0. The fourth-order valence-electron chi connectivity index (χ4n) is 6.89. The van der Waals surface area contributed by atoms with Gasteiger partial charge in [0.25, 0.3) is 0 Å². The van der Waals surface area contributed by atoms with E-state index >= 15 is 0 Å². The van der Waals surface area contributed by atoms with Crippen molar-refractivity contribution >= 4 is 0 Å². The monoisotopic (exact) mass is 536 g/mol. The van der Waals surface area contributed by atoms with Gasteiger partial charge < -0.3 is 4.74 Å². The Labute approximate surface area is 236 Å². The van der Waals surface area contributed by atoms with Crippen LogP contribution < -0.4 is 0 Å². The highest BCUT2D eigenvalue weighted by molar-refractivity contribution is 5.28. The van der Waals surface area contributed by atoms with Crippen LogP contribution in [0.4, 0.5) is 8.78 Å². The summed E-state index contributed by atoms with van der Waals surface area (Å²) in [7, 11) is 0. The lowest BCUT2D eigenvalue weighted by Crippen LogP contribution is -2.20. The second-order valence-corrected chi connectivity index (χ2v) is 12.3. The van der Waals surface area contributed by atoms with Gasteiger partial charge in [0.05, 0.1) is 12.2 Å². The first-order chi connectivity index (χ1) is 19.0. The molecule has 3 heteroatoms. The standard InChI is InChI=1S/C36H50F2O/c1-3-5-7-9-29-12-18-31(19-13-29)32-20-14-30(15-21-32)26-27-39-36(37,38)35-24-22-34(23-25-35)33-16-10-28(11-17-33)8-6-4-2/h4,14-15,20-25,28-29,31,33H,2-3,5-13,16-19,26-27H2,1H3. The molecule has 0 spiro atoms. The molecule has 0 atom stereocenters. The smallest absolute Gasteiger partial charge is 0.316 e. The third-order valence-electron chi connectivity index (χ3n) is 9.53. The van der Waals surface area contributed by atoms with E-state index < -0.39 is 6.11 Å². The van der Waals surface area contributed by atoms with Crippen LogP contribution in [0.15, 0.2) is 61.2 Å². The predicted octanol–water partition coefficient (Wildman–Crippen LogP) is 11.1. The normalized spacial score (nSPS) is 24.0. The molecule has 0 bridgehead atoms. The van der Waals surface area contributed by atoms with Gasteiger partial charge in [0.15, 0.2) is 0 Å². The minimum atomic E-state index is -3.27. The molecule has 0 heterocycles. The second-order valence-electron chi connectivity index (χ2n) is 12.3. The summed E-state index contributed by atoms with van der Waals surface area (Å²) in [6.07, 6.45) is 17.0. The summed E-state index contributed by atoms with van der Waals surface area (Å²) in [6.45, 7) is 6.11. The minimum Gasteiger partial charge on any atom is -0.316 e. The maximum absolute atomic E-state index is 14.8. The van der Waals surface area contributed by atoms with Gasteiger partial charge in [0, 0.05) is 0 Å². The van der Waals surface area contributed by atoms with Crippen LogP contribution in [0.1, 0.15) is 131 Å². The quantitative estimate of drug-likeness (QED) is 0.172. The van der Waals surface area contributed by atoms with E-state index in [1.165, 1.54) is 81.8 Å². The van der Waals surface area contributed by atoms with Crippen LogP contribution in [0, 0.1) is 11.8 Å². The first-order valence-electron chi connectivity index (χ1n) is 15.8. The molecule has 0 aromatic heterocycles. The van der Waals surface area contributed by atoms with Crippen molar-refractivity contribution in [1.82, 2.24) is 0 Å². The maximum atomic E-state index is 14.8. The van der Waals surface area contributed by atoms with Crippen LogP contribution in [-0.4, -0.2) is 6.61 Å². The Bertz CT molecular complexity index is 964. The van der Waals surface area contributed by atoms with E-state index in [4.69, 9.17) is 4.74 Å². The second kappa shape index (κ2) is 15.1. The van der Waals surface area contributed by atoms with Gasteiger partial charge in [-0.2, -0.15) is 8.78 Å². The van der Waals surface area contributed by atoms with Crippen molar-refractivity contribution in [2.75, 3.05) is 6.61 Å². The summed E-state index contributed by atoms with van der Waals surface area (Å²) in [5.74, 6) is 2.83. The van der Waals surface area contributed by atoms with Crippen LogP contribution in [0.3, 0.4) is 0 Å². The number of hydrogen-bond acceptors (Lipinski definition) is 1. The van der Waals surface area contributed by atoms with Crippen molar-refractivity contribution < 1.29 is 13.5 Å². The van der Waals surface area contributed by atoms with E-state index in [-0.39, 0.29) is 12.2 Å².